The molecule has 1 aromatic heterocycles. The number of ether oxygens (including phenoxy) is 2. The molecule has 0 spiro atoms. The van der Waals surface area contributed by atoms with E-state index in [9.17, 15) is 0 Å². The van der Waals surface area contributed by atoms with E-state index >= 15 is 0 Å². The van der Waals surface area contributed by atoms with Crippen LogP contribution in [0, 0.1) is 6.92 Å². The molecule has 21 heavy (non-hydrogen) atoms. The summed E-state index contributed by atoms with van der Waals surface area (Å²) in [6.45, 7) is 1.81. The summed E-state index contributed by atoms with van der Waals surface area (Å²) in [5.74, 6) is 3.17. The van der Waals surface area contributed by atoms with Crippen LogP contribution in [-0.4, -0.2) is 17.1 Å². The third-order valence-electron chi connectivity index (χ3n) is 3.11. The predicted molar refractivity (Wildman–Crippen MR) is 81.8 cm³/mol. The highest BCUT2D eigenvalue weighted by molar-refractivity contribution is 5.93. The van der Waals surface area contributed by atoms with Crippen molar-refractivity contribution in [2.45, 2.75) is 6.92 Å². The first-order valence-electron chi connectivity index (χ1n) is 6.52. The zero-order chi connectivity index (χ0) is 14.8. The maximum Gasteiger partial charge on any atom is 0.140 e. The number of aryl methyl sites for hydroxylation is 1. The molecule has 0 aliphatic heterocycles. The molecular weight excluding hydrogens is 266 g/mol. The molecule has 0 radical (unpaired) electrons. The Labute approximate surface area is 122 Å². The van der Waals surface area contributed by atoms with Crippen LogP contribution in [0.4, 0.5) is 5.82 Å². The summed E-state index contributed by atoms with van der Waals surface area (Å²) in [6.07, 6.45) is 0. The van der Waals surface area contributed by atoms with Gasteiger partial charge >= 0.3 is 0 Å². The molecule has 0 amide bonds. The molecule has 2 aromatic carbocycles. The number of methoxy groups -OCH3 is 1. The van der Waals surface area contributed by atoms with Crippen LogP contribution in [0.1, 0.15) is 5.82 Å². The second-order valence-electron chi connectivity index (χ2n) is 4.58. The Morgan fingerprint density at radius 3 is 2.38 bits per heavy atom. The van der Waals surface area contributed by atoms with Crippen molar-refractivity contribution in [3.05, 3.63) is 48.3 Å². The summed E-state index contributed by atoms with van der Waals surface area (Å²) < 4.78 is 11.0. The minimum atomic E-state index is 0.418. The lowest BCUT2D eigenvalue weighted by atomic mass is 10.2. The molecule has 5 nitrogen and oxygen atoms in total. The first-order valence-corrected chi connectivity index (χ1v) is 6.52. The fourth-order valence-electron chi connectivity index (χ4n) is 2.16. The molecule has 0 atom stereocenters. The van der Waals surface area contributed by atoms with E-state index in [2.05, 4.69) is 9.97 Å². The first-order chi connectivity index (χ1) is 10.2. The number of aromatic nitrogens is 2. The highest BCUT2D eigenvalue weighted by atomic mass is 16.5. The predicted octanol–water partition coefficient (Wildman–Crippen LogP) is 3.32. The van der Waals surface area contributed by atoms with Gasteiger partial charge in [-0.05, 0) is 43.3 Å². The van der Waals surface area contributed by atoms with Crippen LogP contribution in [0.2, 0.25) is 0 Å². The normalized spacial score (nSPS) is 10.6. The highest BCUT2D eigenvalue weighted by Gasteiger charge is 2.10. The standard InChI is InChI=1S/C16H15N3O2/c1-10-18-13-4-3-5-14(15(13)16(17)19-10)21-12-8-6-11(20-2)7-9-12/h3-9H,1-2H3,(H2,17,18,19). The smallest absolute Gasteiger partial charge is 0.140 e. The summed E-state index contributed by atoms with van der Waals surface area (Å²) in [5, 5.41) is 0.721. The number of anilines is 1. The molecule has 2 N–H and O–H groups in total. The topological polar surface area (TPSA) is 70.3 Å². The van der Waals surface area contributed by atoms with Crippen LogP contribution in [-0.2, 0) is 0 Å². The van der Waals surface area contributed by atoms with Crippen molar-refractivity contribution in [2.75, 3.05) is 12.8 Å². The zero-order valence-electron chi connectivity index (χ0n) is 11.8. The Hall–Kier alpha value is -2.82. The number of nitrogens with zero attached hydrogens (tertiary/aromatic N) is 2. The van der Waals surface area contributed by atoms with Gasteiger partial charge in [0.15, 0.2) is 0 Å². The van der Waals surface area contributed by atoms with Gasteiger partial charge < -0.3 is 15.2 Å². The molecule has 3 rings (SSSR count). The molecule has 0 unspecified atom stereocenters. The summed E-state index contributed by atoms with van der Waals surface area (Å²) >= 11 is 0. The van der Waals surface area contributed by atoms with Crippen LogP contribution in [0.25, 0.3) is 10.9 Å². The Balaban J connectivity index is 2.03. The van der Waals surface area contributed by atoms with E-state index in [-0.39, 0.29) is 0 Å². The molecule has 0 aliphatic carbocycles. The summed E-state index contributed by atoms with van der Waals surface area (Å²) in [6, 6.07) is 13.0. The van der Waals surface area contributed by atoms with Crippen molar-refractivity contribution in [2.24, 2.45) is 0 Å². The van der Waals surface area contributed by atoms with Gasteiger partial charge in [-0.3, -0.25) is 0 Å². The van der Waals surface area contributed by atoms with Crippen LogP contribution >= 0.6 is 0 Å². The quantitative estimate of drug-likeness (QED) is 0.797. The Morgan fingerprint density at radius 2 is 1.67 bits per heavy atom. The Kier molecular flexibility index (Phi) is 3.31. The van der Waals surface area contributed by atoms with Gasteiger partial charge in [0.2, 0.25) is 0 Å². The van der Waals surface area contributed by atoms with E-state index in [0.717, 1.165) is 16.7 Å². The monoisotopic (exact) mass is 281 g/mol. The maximum atomic E-state index is 6.01. The molecule has 106 valence electrons. The fraction of sp³-hybridized carbons (Fsp3) is 0.125. The molecule has 0 aliphatic rings. The van der Waals surface area contributed by atoms with Gasteiger partial charge in [-0.15, -0.1) is 0 Å². The summed E-state index contributed by atoms with van der Waals surface area (Å²) in [5.41, 5.74) is 6.78. The third-order valence-corrected chi connectivity index (χ3v) is 3.11. The van der Waals surface area contributed by atoms with E-state index < -0.39 is 0 Å². The Bertz CT molecular complexity index is 785. The number of rotatable bonds is 3. The second-order valence-corrected chi connectivity index (χ2v) is 4.58. The van der Waals surface area contributed by atoms with Crippen molar-refractivity contribution in [3.63, 3.8) is 0 Å². The minimum absolute atomic E-state index is 0.418. The highest BCUT2D eigenvalue weighted by Crippen LogP contribution is 2.32. The van der Waals surface area contributed by atoms with Crippen molar-refractivity contribution < 1.29 is 9.47 Å². The number of hydrogen-bond acceptors (Lipinski definition) is 5. The molecular formula is C16H15N3O2. The van der Waals surface area contributed by atoms with Gasteiger partial charge in [-0.1, -0.05) is 6.07 Å². The van der Waals surface area contributed by atoms with Crippen molar-refractivity contribution in [1.29, 1.82) is 0 Å². The van der Waals surface area contributed by atoms with E-state index in [1.807, 2.05) is 49.4 Å². The van der Waals surface area contributed by atoms with Crippen molar-refractivity contribution in [1.82, 2.24) is 9.97 Å². The molecule has 3 aromatic rings. The minimum Gasteiger partial charge on any atom is -0.497 e. The number of fused-ring (bicyclic) bond motifs is 1. The lowest BCUT2D eigenvalue weighted by molar-refractivity contribution is 0.413. The molecule has 0 saturated heterocycles. The largest absolute Gasteiger partial charge is 0.497 e. The Morgan fingerprint density at radius 1 is 0.952 bits per heavy atom. The van der Waals surface area contributed by atoms with Crippen molar-refractivity contribution >= 4 is 16.7 Å². The lowest BCUT2D eigenvalue weighted by Gasteiger charge is -2.10. The first kappa shape index (κ1) is 13.2. The van der Waals surface area contributed by atoms with Gasteiger partial charge in [-0.25, -0.2) is 9.97 Å². The number of benzene rings is 2. The van der Waals surface area contributed by atoms with Gasteiger partial charge in [-0.2, -0.15) is 0 Å². The third kappa shape index (κ3) is 2.58. The summed E-state index contributed by atoms with van der Waals surface area (Å²) in [4.78, 5) is 8.57. The van der Waals surface area contributed by atoms with Crippen LogP contribution in [0.3, 0.4) is 0 Å². The van der Waals surface area contributed by atoms with Crippen molar-refractivity contribution in [3.8, 4) is 17.2 Å². The lowest BCUT2D eigenvalue weighted by Crippen LogP contribution is -1.99. The molecule has 1 heterocycles. The van der Waals surface area contributed by atoms with E-state index in [4.69, 9.17) is 15.2 Å². The molecule has 0 saturated carbocycles. The summed E-state index contributed by atoms with van der Waals surface area (Å²) in [7, 11) is 1.63. The van der Waals surface area contributed by atoms with Gasteiger partial charge in [0, 0.05) is 0 Å². The molecule has 5 heteroatoms. The van der Waals surface area contributed by atoms with Crippen LogP contribution in [0.5, 0.6) is 17.2 Å². The maximum absolute atomic E-state index is 6.01. The zero-order valence-corrected chi connectivity index (χ0v) is 11.8. The SMILES string of the molecule is COc1ccc(Oc2cccc3nc(C)nc(N)c23)cc1. The van der Waals surface area contributed by atoms with Gasteiger partial charge in [0.05, 0.1) is 18.0 Å². The number of hydrogen-bond donors (Lipinski definition) is 1. The fourth-order valence-corrected chi connectivity index (χ4v) is 2.16. The van der Waals surface area contributed by atoms with E-state index in [1.165, 1.54) is 0 Å². The number of nitrogens with two attached hydrogens (primary N) is 1. The number of nitrogen functional groups attached to an aromatic ring is 1. The van der Waals surface area contributed by atoms with Gasteiger partial charge in [0.1, 0.15) is 28.9 Å². The van der Waals surface area contributed by atoms with Crippen LogP contribution < -0.4 is 15.2 Å². The van der Waals surface area contributed by atoms with E-state index in [1.54, 1.807) is 7.11 Å². The molecule has 0 fully saturated rings. The van der Waals surface area contributed by atoms with Gasteiger partial charge in [0.25, 0.3) is 0 Å². The average Bonchev–Trinajstić information content (AvgIpc) is 2.47. The van der Waals surface area contributed by atoms with E-state index in [0.29, 0.717) is 23.1 Å². The van der Waals surface area contributed by atoms with Crippen LogP contribution in [0.15, 0.2) is 42.5 Å². The second kappa shape index (κ2) is 5.28. The average molecular weight is 281 g/mol. The molecule has 0 bridgehead atoms.